The van der Waals surface area contributed by atoms with E-state index >= 15 is 0 Å². The highest BCUT2D eigenvalue weighted by Crippen LogP contribution is 2.42. The van der Waals surface area contributed by atoms with E-state index in [1.54, 1.807) is 18.4 Å². The summed E-state index contributed by atoms with van der Waals surface area (Å²) >= 11 is 5.18. The molecule has 5 nitrogen and oxygen atoms in total. The van der Waals surface area contributed by atoms with E-state index in [-0.39, 0.29) is 6.04 Å². The third-order valence-corrected chi connectivity index (χ3v) is 6.77. The van der Waals surface area contributed by atoms with Crippen molar-refractivity contribution in [1.82, 2.24) is 9.88 Å². The highest BCUT2D eigenvalue weighted by Gasteiger charge is 2.37. The Morgan fingerprint density at radius 3 is 2.89 bits per heavy atom. The Balaban J connectivity index is 1.90. The molecule has 1 N–H and O–H groups in total. The van der Waals surface area contributed by atoms with E-state index in [0.717, 1.165) is 43.9 Å². The Kier molecular flexibility index (Phi) is 5.66. The number of carboxylic acid groups (broad SMARTS) is 1. The minimum absolute atomic E-state index is 0.272. The molecule has 0 spiro atoms. The molecule has 0 saturated carbocycles. The highest BCUT2D eigenvalue weighted by molar-refractivity contribution is 9.10. The lowest BCUT2D eigenvalue weighted by Crippen LogP contribution is -2.46. The molecule has 0 radical (unpaired) electrons. The van der Waals surface area contributed by atoms with Crippen LogP contribution >= 0.6 is 27.3 Å². The van der Waals surface area contributed by atoms with Crippen LogP contribution in [-0.4, -0.2) is 40.7 Å². The summed E-state index contributed by atoms with van der Waals surface area (Å²) < 4.78 is 7.67. The van der Waals surface area contributed by atoms with Crippen molar-refractivity contribution < 1.29 is 14.6 Å². The number of halogens is 1. The lowest BCUT2D eigenvalue weighted by atomic mass is 9.96. The Bertz CT molecular complexity index is 973. The van der Waals surface area contributed by atoms with Crippen LogP contribution in [0.5, 0.6) is 5.75 Å². The molecule has 0 aliphatic carbocycles. The molecule has 2 heterocycles. The van der Waals surface area contributed by atoms with Crippen LogP contribution in [0.15, 0.2) is 46.9 Å². The van der Waals surface area contributed by atoms with E-state index in [1.165, 1.54) is 0 Å². The standard InChI is InChI=1S/C21H21BrN2O3S/c1-27-17-10-9-13(22)12-14(17)19(24-11-5-4-7-16(24)21(25)26)20-23-15-6-2-3-8-18(15)28-20/h2-3,6,8-10,12,16,19H,4-5,7,11H2,1H3,(H,25,26). The van der Waals surface area contributed by atoms with Gasteiger partial charge < -0.3 is 9.84 Å². The lowest BCUT2D eigenvalue weighted by Gasteiger charge is -2.38. The zero-order chi connectivity index (χ0) is 19.7. The van der Waals surface area contributed by atoms with E-state index in [9.17, 15) is 9.90 Å². The van der Waals surface area contributed by atoms with Gasteiger partial charge in [-0.15, -0.1) is 11.3 Å². The van der Waals surface area contributed by atoms with Crippen molar-refractivity contribution in [3.63, 3.8) is 0 Å². The molecule has 7 heteroatoms. The summed E-state index contributed by atoms with van der Waals surface area (Å²) in [6.07, 6.45) is 2.55. The number of carbonyl (C=O) groups is 1. The molecule has 1 saturated heterocycles. The quantitative estimate of drug-likeness (QED) is 0.573. The molecule has 2 aromatic carbocycles. The maximum Gasteiger partial charge on any atom is 0.320 e. The van der Waals surface area contributed by atoms with Crippen molar-refractivity contribution in [2.24, 2.45) is 0 Å². The predicted molar refractivity (Wildman–Crippen MR) is 114 cm³/mol. The summed E-state index contributed by atoms with van der Waals surface area (Å²) in [6, 6.07) is 13.1. The van der Waals surface area contributed by atoms with Crippen molar-refractivity contribution in [1.29, 1.82) is 0 Å². The normalized spacial score (nSPS) is 18.9. The van der Waals surface area contributed by atoms with Gasteiger partial charge in [-0.3, -0.25) is 9.69 Å². The number of piperidine rings is 1. The van der Waals surface area contributed by atoms with Crippen molar-refractivity contribution in [2.45, 2.75) is 31.3 Å². The fourth-order valence-corrected chi connectivity index (χ4v) is 5.39. The first-order valence-corrected chi connectivity index (χ1v) is 10.9. The number of likely N-dealkylation sites (tertiary alicyclic amines) is 1. The first-order chi connectivity index (χ1) is 13.6. The summed E-state index contributed by atoms with van der Waals surface area (Å²) in [6.45, 7) is 0.716. The number of methoxy groups -OCH3 is 1. The van der Waals surface area contributed by atoms with Crippen LogP contribution in [0.1, 0.15) is 35.9 Å². The largest absolute Gasteiger partial charge is 0.496 e. The van der Waals surface area contributed by atoms with Gasteiger partial charge in [-0.25, -0.2) is 4.98 Å². The maximum absolute atomic E-state index is 12.0. The number of nitrogens with zero attached hydrogens (tertiary/aromatic N) is 2. The second-order valence-electron chi connectivity index (χ2n) is 6.90. The van der Waals surface area contributed by atoms with Gasteiger partial charge in [-0.2, -0.15) is 0 Å². The van der Waals surface area contributed by atoms with Crippen molar-refractivity contribution in [3.8, 4) is 5.75 Å². The van der Waals surface area contributed by atoms with Crippen LogP contribution in [0.2, 0.25) is 0 Å². The minimum Gasteiger partial charge on any atom is -0.496 e. The van der Waals surface area contributed by atoms with Crippen LogP contribution in [0.3, 0.4) is 0 Å². The van der Waals surface area contributed by atoms with Crippen LogP contribution in [0.25, 0.3) is 10.2 Å². The monoisotopic (exact) mass is 460 g/mol. The number of carboxylic acids is 1. The molecule has 1 aromatic heterocycles. The first-order valence-electron chi connectivity index (χ1n) is 9.26. The molecule has 28 heavy (non-hydrogen) atoms. The number of hydrogen-bond donors (Lipinski definition) is 1. The molecular weight excluding hydrogens is 440 g/mol. The number of aliphatic carboxylic acids is 1. The zero-order valence-electron chi connectivity index (χ0n) is 15.5. The third-order valence-electron chi connectivity index (χ3n) is 5.19. The molecule has 2 unspecified atom stereocenters. The van der Waals surface area contributed by atoms with E-state index in [0.29, 0.717) is 13.0 Å². The Labute approximate surface area is 176 Å². The Hall–Kier alpha value is -1.96. The van der Waals surface area contributed by atoms with E-state index in [4.69, 9.17) is 9.72 Å². The maximum atomic E-state index is 12.0. The topological polar surface area (TPSA) is 62.7 Å². The van der Waals surface area contributed by atoms with Gasteiger partial charge in [0.05, 0.1) is 23.4 Å². The molecule has 1 aliphatic heterocycles. The smallest absolute Gasteiger partial charge is 0.320 e. The van der Waals surface area contributed by atoms with Gasteiger partial charge in [0.2, 0.25) is 0 Å². The van der Waals surface area contributed by atoms with Gasteiger partial charge in [0.15, 0.2) is 0 Å². The fraction of sp³-hybridized carbons (Fsp3) is 0.333. The summed E-state index contributed by atoms with van der Waals surface area (Å²) in [5, 5.41) is 10.8. The second-order valence-corrected chi connectivity index (χ2v) is 8.87. The summed E-state index contributed by atoms with van der Waals surface area (Å²) in [7, 11) is 1.65. The third kappa shape index (κ3) is 3.66. The summed E-state index contributed by atoms with van der Waals surface area (Å²) in [4.78, 5) is 19.0. The Morgan fingerprint density at radius 2 is 2.14 bits per heavy atom. The van der Waals surface area contributed by atoms with Gasteiger partial charge >= 0.3 is 5.97 Å². The minimum atomic E-state index is -0.778. The average Bonchev–Trinajstić information content (AvgIpc) is 3.12. The Morgan fingerprint density at radius 1 is 1.32 bits per heavy atom. The number of para-hydroxylation sites is 1. The molecule has 0 amide bonds. The van der Waals surface area contributed by atoms with Crippen LogP contribution in [0.4, 0.5) is 0 Å². The zero-order valence-corrected chi connectivity index (χ0v) is 17.9. The van der Waals surface area contributed by atoms with Gasteiger partial charge in [0, 0.05) is 16.6 Å². The van der Waals surface area contributed by atoms with Crippen molar-refractivity contribution in [2.75, 3.05) is 13.7 Å². The van der Waals surface area contributed by atoms with Gasteiger partial charge in [0.25, 0.3) is 0 Å². The fourth-order valence-electron chi connectivity index (χ4n) is 3.91. The van der Waals surface area contributed by atoms with Crippen LogP contribution < -0.4 is 4.74 Å². The number of benzene rings is 2. The molecule has 3 aromatic rings. The number of aromatic nitrogens is 1. The number of fused-ring (bicyclic) bond motifs is 1. The number of ether oxygens (including phenoxy) is 1. The van der Waals surface area contributed by atoms with E-state index in [2.05, 4.69) is 26.9 Å². The number of rotatable bonds is 5. The first kappa shape index (κ1) is 19.4. The molecule has 4 rings (SSSR count). The average molecular weight is 461 g/mol. The number of thiazole rings is 1. The van der Waals surface area contributed by atoms with Crippen molar-refractivity contribution in [3.05, 3.63) is 57.5 Å². The van der Waals surface area contributed by atoms with Gasteiger partial charge in [-0.1, -0.05) is 34.5 Å². The predicted octanol–water partition coefficient (Wildman–Crippen LogP) is 5.10. The van der Waals surface area contributed by atoms with Gasteiger partial charge in [-0.05, 0) is 43.2 Å². The second kappa shape index (κ2) is 8.19. The molecular formula is C21H21BrN2O3S. The van der Waals surface area contributed by atoms with Crippen molar-refractivity contribution >= 4 is 43.5 Å². The number of hydrogen-bond acceptors (Lipinski definition) is 5. The van der Waals surface area contributed by atoms with E-state index < -0.39 is 12.0 Å². The molecule has 146 valence electrons. The molecule has 1 fully saturated rings. The molecule has 2 atom stereocenters. The van der Waals surface area contributed by atoms with Crippen LogP contribution in [0, 0.1) is 0 Å². The SMILES string of the molecule is COc1ccc(Br)cc1C(c1nc2ccccc2s1)N1CCCCC1C(=O)O. The van der Waals surface area contributed by atoms with Crippen LogP contribution in [-0.2, 0) is 4.79 Å². The molecule has 0 bridgehead atoms. The van der Waals surface area contributed by atoms with E-state index in [1.807, 2.05) is 36.4 Å². The summed E-state index contributed by atoms with van der Waals surface area (Å²) in [5.74, 6) is -0.0399. The lowest BCUT2D eigenvalue weighted by molar-refractivity contribution is -0.145. The highest BCUT2D eigenvalue weighted by atomic mass is 79.9. The molecule has 1 aliphatic rings. The van der Waals surface area contributed by atoms with Gasteiger partial charge in [0.1, 0.15) is 16.8 Å². The summed E-state index contributed by atoms with van der Waals surface area (Å²) in [5.41, 5.74) is 1.87.